The van der Waals surface area contributed by atoms with E-state index in [-0.39, 0.29) is 35.6 Å². The standard InChI is InChI=1S/C18H27ClN2O5S/c1-3-26-12-4-9-20-18(22)14-7-10-21(11-8-14)27(23,24)17-13-15(19)5-6-16(17)25-2/h5-6,13-14H,3-4,7-12H2,1-2H3,(H,20,22). The minimum absolute atomic E-state index is 0.0242. The zero-order valence-corrected chi connectivity index (χ0v) is 17.3. The molecule has 0 aliphatic carbocycles. The van der Waals surface area contributed by atoms with E-state index in [4.69, 9.17) is 21.1 Å². The molecule has 1 heterocycles. The summed E-state index contributed by atoms with van der Waals surface area (Å²) in [6.07, 6.45) is 1.74. The predicted molar refractivity (Wildman–Crippen MR) is 104 cm³/mol. The Hall–Kier alpha value is -1.35. The van der Waals surface area contributed by atoms with E-state index in [0.29, 0.717) is 37.6 Å². The van der Waals surface area contributed by atoms with Gasteiger partial charge in [-0.15, -0.1) is 0 Å². The maximum Gasteiger partial charge on any atom is 0.246 e. The highest BCUT2D eigenvalue weighted by Crippen LogP contribution is 2.31. The number of amides is 1. The van der Waals surface area contributed by atoms with Crippen molar-refractivity contribution >= 4 is 27.5 Å². The average Bonchev–Trinajstić information content (AvgIpc) is 2.67. The van der Waals surface area contributed by atoms with Gasteiger partial charge >= 0.3 is 0 Å². The maximum atomic E-state index is 12.9. The number of hydrogen-bond donors (Lipinski definition) is 1. The predicted octanol–water partition coefficient (Wildman–Crippen LogP) is 2.29. The molecule has 0 atom stereocenters. The third kappa shape index (κ3) is 5.81. The van der Waals surface area contributed by atoms with Gasteiger partial charge in [0.25, 0.3) is 0 Å². The smallest absolute Gasteiger partial charge is 0.246 e. The van der Waals surface area contributed by atoms with Crippen LogP contribution in [0.25, 0.3) is 0 Å². The fourth-order valence-electron chi connectivity index (χ4n) is 3.02. The Balaban J connectivity index is 1.93. The molecule has 7 nitrogen and oxygen atoms in total. The van der Waals surface area contributed by atoms with Gasteiger partial charge in [0.05, 0.1) is 7.11 Å². The van der Waals surface area contributed by atoms with Gasteiger partial charge in [0.15, 0.2) is 0 Å². The molecule has 2 rings (SSSR count). The summed E-state index contributed by atoms with van der Waals surface area (Å²) >= 11 is 5.96. The lowest BCUT2D eigenvalue weighted by Crippen LogP contribution is -2.43. The van der Waals surface area contributed by atoms with Crippen LogP contribution >= 0.6 is 11.6 Å². The van der Waals surface area contributed by atoms with Crippen LogP contribution in [0.5, 0.6) is 5.75 Å². The molecule has 0 aromatic heterocycles. The number of methoxy groups -OCH3 is 1. The van der Waals surface area contributed by atoms with Crippen LogP contribution in [0.3, 0.4) is 0 Å². The van der Waals surface area contributed by atoms with Gasteiger partial charge < -0.3 is 14.8 Å². The van der Waals surface area contributed by atoms with Gasteiger partial charge in [0, 0.05) is 43.8 Å². The summed E-state index contributed by atoms with van der Waals surface area (Å²) in [5.41, 5.74) is 0. The summed E-state index contributed by atoms with van der Waals surface area (Å²) in [4.78, 5) is 12.3. The number of benzene rings is 1. The molecule has 1 aromatic carbocycles. The van der Waals surface area contributed by atoms with Crippen LogP contribution in [-0.2, 0) is 19.6 Å². The molecule has 1 aromatic rings. The summed E-state index contributed by atoms with van der Waals surface area (Å²) in [7, 11) is -2.31. The first-order chi connectivity index (χ1) is 12.9. The van der Waals surface area contributed by atoms with E-state index >= 15 is 0 Å². The van der Waals surface area contributed by atoms with Gasteiger partial charge in [-0.25, -0.2) is 8.42 Å². The van der Waals surface area contributed by atoms with Crippen molar-refractivity contribution in [1.29, 1.82) is 0 Å². The lowest BCUT2D eigenvalue weighted by molar-refractivity contribution is -0.126. The number of halogens is 1. The number of carbonyl (C=O) groups excluding carboxylic acids is 1. The highest BCUT2D eigenvalue weighted by atomic mass is 35.5. The van der Waals surface area contributed by atoms with Crippen molar-refractivity contribution in [3.63, 3.8) is 0 Å². The third-order valence-corrected chi connectivity index (χ3v) is 6.69. The molecule has 0 spiro atoms. The van der Waals surface area contributed by atoms with E-state index in [1.54, 1.807) is 6.07 Å². The van der Waals surface area contributed by atoms with Crippen molar-refractivity contribution in [3.8, 4) is 5.75 Å². The lowest BCUT2D eigenvalue weighted by Gasteiger charge is -2.31. The zero-order valence-electron chi connectivity index (χ0n) is 15.7. The molecule has 1 fully saturated rings. The van der Waals surface area contributed by atoms with E-state index in [2.05, 4.69) is 5.32 Å². The number of rotatable bonds is 9. The molecule has 1 aliphatic rings. The van der Waals surface area contributed by atoms with Crippen molar-refractivity contribution in [2.24, 2.45) is 5.92 Å². The Bertz CT molecular complexity index is 733. The van der Waals surface area contributed by atoms with Gasteiger partial charge in [-0.3, -0.25) is 4.79 Å². The number of nitrogens with zero attached hydrogens (tertiary/aromatic N) is 1. The van der Waals surface area contributed by atoms with Crippen molar-refractivity contribution in [2.45, 2.75) is 31.1 Å². The number of piperidine rings is 1. The minimum Gasteiger partial charge on any atom is -0.495 e. The first-order valence-electron chi connectivity index (χ1n) is 9.09. The van der Waals surface area contributed by atoms with Crippen LogP contribution in [-0.4, -0.2) is 58.6 Å². The van der Waals surface area contributed by atoms with Gasteiger partial charge in [0.1, 0.15) is 10.6 Å². The fraction of sp³-hybridized carbons (Fsp3) is 0.611. The molecule has 0 unspecified atom stereocenters. The quantitative estimate of drug-likeness (QED) is 0.622. The third-order valence-electron chi connectivity index (χ3n) is 4.54. The van der Waals surface area contributed by atoms with Gasteiger partial charge in [-0.05, 0) is 44.4 Å². The maximum absolute atomic E-state index is 12.9. The summed E-state index contributed by atoms with van der Waals surface area (Å²) in [6, 6.07) is 4.52. The molecule has 0 saturated carbocycles. The monoisotopic (exact) mass is 418 g/mol. The Kier molecular flexibility index (Phi) is 8.34. The van der Waals surface area contributed by atoms with Crippen molar-refractivity contribution < 1.29 is 22.7 Å². The fourth-order valence-corrected chi connectivity index (χ4v) is 4.91. The van der Waals surface area contributed by atoms with Crippen LogP contribution in [0.4, 0.5) is 0 Å². The van der Waals surface area contributed by atoms with E-state index < -0.39 is 10.0 Å². The van der Waals surface area contributed by atoms with Gasteiger partial charge in [0.2, 0.25) is 15.9 Å². The largest absolute Gasteiger partial charge is 0.495 e. The highest BCUT2D eigenvalue weighted by Gasteiger charge is 2.33. The first-order valence-corrected chi connectivity index (χ1v) is 10.9. The molecule has 9 heteroatoms. The SMILES string of the molecule is CCOCCCNC(=O)C1CCN(S(=O)(=O)c2cc(Cl)ccc2OC)CC1. The van der Waals surface area contributed by atoms with Crippen LogP contribution in [0.2, 0.25) is 5.02 Å². The average molecular weight is 419 g/mol. The van der Waals surface area contributed by atoms with Crippen molar-refractivity contribution in [3.05, 3.63) is 23.2 Å². The minimum atomic E-state index is -3.73. The second-order valence-corrected chi connectivity index (χ2v) is 8.66. The number of hydrogen-bond acceptors (Lipinski definition) is 5. The summed E-state index contributed by atoms with van der Waals surface area (Å²) in [6.45, 7) is 4.35. The Labute approximate surface area is 166 Å². The van der Waals surface area contributed by atoms with Crippen molar-refractivity contribution in [1.82, 2.24) is 9.62 Å². The molecule has 1 N–H and O–H groups in total. The van der Waals surface area contributed by atoms with E-state index in [1.165, 1.54) is 23.5 Å². The first kappa shape index (κ1) is 21.9. The summed E-state index contributed by atoms with van der Waals surface area (Å²) < 4.78 is 37.7. The van der Waals surface area contributed by atoms with Gasteiger partial charge in [-0.1, -0.05) is 11.6 Å². The molecule has 1 aliphatic heterocycles. The Morgan fingerprint density at radius 1 is 1.33 bits per heavy atom. The number of sulfonamides is 1. The molecule has 0 radical (unpaired) electrons. The molecular weight excluding hydrogens is 392 g/mol. The van der Waals surface area contributed by atoms with E-state index in [9.17, 15) is 13.2 Å². The topological polar surface area (TPSA) is 84.9 Å². The molecule has 152 valence electrons. The Morgan fingerprint density at radius 2 is 2.04 bits per heavy atom. The van der Waals surface area contributed by atoms with Crippen LogP contribution in [0.15, 0.2) is 23.1 Å². The Morgan fingerprint density at radius 3 is 2.67 bits per heavy atom. The van der Waals surface area contributed by atoms with Crippen LogP contribution in [0, 0.1) is 5.92 Å². The number of carbonyl (C=O) groups is 1. The number of ether oxygens (including phenoxy) is 2. The van der Waals surface area contributed by atoms with E-state index in [0.717, 1.165) is 6.42 Å². The summed E-state index contributed by atoms with van der Waals surface area (Å²) in [5, 5.41) is 3.23. The second kappa shape index (κ2) is 10.3. The molecule has 0 bridgehead atoms. The molecular formula is C18H27ClN2O5S. The molecule has 1 amide bonds. The van der Waals surface area contributed by atoms with Gasteiger partial charge in [-0.2, -0.15) is 4.31 Å². The van der Waals surface area contributed by atoms with Crippen LogP contribution < -0.4 is 10.1 Å². The molecule has 27 heavy (non-hydrogen) atoms. The number of nitrogens with one attached hydrogen (secondary N) is 1. The van der Waals surface area contributed by atoms with E-state index in [1.807, 2.05) is 6.92 Å². The summed E-state index contributed by atoms with van der Waals surface area (Å²) in [5.74, 6) is 0.0576. The molecule has 1 saturated heterocycles. The van der Waals surface area contributed by atoms with Crippen LogP contribution in [0.1, 0.15) is 26.2 Å². The normalized spacial score (nSPS) is 16.3. The highest BCUT2D eigenvalue weighted by molar-refractivity contribution is 7.89. The van der Waals surface area contributed by atoms with Crippen molar-refractivity contribution in [2.75, 3.05) is 40.0 Å². The second-order valence-electron chi connectivity index (χ2n) is 6.32. The lowest BCUT2D eigenvalue weighted by atomic mass is 9.97. The zero-order chi connectivity index (χ0) is 19.9.